The predicted molar refractivity (Wildman–Crippen MR) is 159 cm³/mol. The van der Waals surface area contributed by atoms with Gasteiger partial charge in [-0.2, -0.15) is 0 Å². The van der Waals surface area contributed by atoms with Crippen molar-refractivity contribution in [2.24, 2.45) is 4.99 Å². The van der Waals surface area contributed by atoms with Gasteiger partial charge in [0, 0.05) is 17.5 Å². The van der Waals surface area contributed by atoms with Crippen LogP contribution >= 0.6 is 0 Å². The molecule has 0 spiro atoms. The minimum atomic E-state index is 0.401. The number of benzene rings is 4. The Morgan fingerprint density at radius 2 is 1.38 bits per heavy atom. The molecule has 3 heteroatoms. The summed E-state index contributed by atoms with van der Waals surface area (Å²) in [7, 11) is 0. The van der Waals surface area contributed by atoms with Crippen molar-refractivity contribution >= 4 is 23.3 Å². The van der Waals surface area contributed by atoms with Crippen molar-refractivity contribution in [3.8, 4) is 11.5 Å². The number of rotatable bonds is 9. The summed E-state index contributed by atoms with van der Waals surface area (Å²) < 4.78 is 6.41. The first-order valence-electron chi connectivity index (χ1n) is 13.2. The molecule has 0 aliphatic heterocycles. The Balaban J connectivity index is 1.68. The minimum Gasteiger partial charge on any atom is -0.455 e. The first-order valence-corrected chi connectivity index (χ1v) is 13.2. The number of hydrogen-bond acceptors (Lipinski definition) is 3. The molecule has 190 valence electrons. The second-order valence-corrected chi connectivity index (χ2v) is 10.0. The molecule has 0 heterocycles. The molecule has 4 rings (SSSR count). The Morgan fingerprint density at radius 3 is 2.08 bits per heavy atom. The van der Waals surface area contributed by atoms with Crippen LogP contribution in [0.25, 0.3) is 0 Å². The standard InChI is InChI=1S/C34H38N2O/c1-7-24(4)29-18-13-17-28(23(2)3)33(29)35-22-27-16-8-9-19-30(27)36-31-20-10-11-21-32(31)37-34-25(5)14-12-15-26(34)6/h8-24,36H,7H2,1-6H3. The average Bonchev–Trinajstić information content (AvgIpc) is 2.90. The second kappa shape index (κ2) is 11.9. The van der Waals surface area contributed by atoms with Crippen LogP contribution < -0.4 is 10.1 Å². The normalized spacial score (nSPS) is 12.2. The van der Waals surface area contributed by atoms with E-state index < -0.39 is 0 Å². The van der Waals surface area contributed by atoms with E-state index in [1.54, 1.807) is 0 Å². The highest BCUT2D eigenvalue weighted by molar-refractivity contribution is 5.91. The SMILES string of the molecule is CCC(C)c1cccc(C(C)C)c1N=Cc1ccccc1Nc1ccccc1Oc1c(C)cccc1C. The Hall–Kier alpha value is -3.85. The molecule has 1 N–H and O–H groups in total. The van der Waals surface area contributed by atoms with Crippen LogP contribution in [0, 0.1) is 13.8 Å². The van der Waals surface area contributed by atoms with Gasteiger partial charge < -0.3 is 10.1 Å². The minimum absolute atomic E-state index is 0.401. The first kappa shape index (κ1) is 26.2. The molecule has 3 nitrogen and oxygen atoms in total. The van der Waals surface area contributed by atoms with Crippen molar-refractivity contribution < 1.29 is 4.74 Å². The van der Waals surface area contributed by atoms with Crippen molar-refractivity contribution in [3.63, 3.8) is 0 Å². The molecule has 0 radical (unpaired) electrons. The van der Waals surface area contributed by atoms with E-state index in [0.717, 1.165) is 51.7 Å². The lowest BCUT2D eigenvalue weighted by atomic mass is 9.91. The summed E-state index contributed by atoms with van der Waals surface area (Å²) in [6.45, 7) is 13.1. The molecule has 4 aromatic rings. The van der Waals surface area contributed by atoms with E-state index in [1.165, 1.54) is 11.1 Å². The van der Waals surface area contributed by atoms with Gasteiger partial charge in [0.15, 0.2) is 5.75 Å². The smallest absolute Gasteiger partial charge is 0.150 e. The van der Waals surface area contributed by atoms with E-state index in [-0.39, 0.29) is 0 Å². The number of nitrogens with zero attached hydrogens (tertiary/aromatic N) is 1. The van der Waals surface area contributed by atoms with Crippen molar-refractivity contribution in [1.29, 1.82) is 0 Å². The summed E-state index contributed by atoms with van der Waals surface area (Å²) in [5, 5.41) is 3.61. The van der Waals surface area contributed by atoms with Gasteiger partial charge in [-0.15, -0.1) is 0 Å². The molecule has 0 bridgehead atoms. The third-order valence-corrected chi connectivity index (χ3v) is 6.93. The van der Waals surface area contributed by atoms with Crippen LogP contribution in [-0.4, -0.2) is 6.21 Å². The van der Waals surface area contributed by atoms with Crippen molar-refractivity contribution in [2.45, 2.75) is 59.8 Å². The summed E-state index contributed by atoms with van der Waals surface area (Å²) in [5.74, 6) is 2.54. The quantitative estimate of drug-likeness (QED) is 0.237. The summed E-state index contributed by atoms with van der Waals surface area (Å²) in [4.78, 5) is 5.09. The van der Waals surface area contributed by atoms with Gasteiger partial charge in [-0.05, 0) is 72.6 Å². The van der Waals surface area contributed by atoms with Crippen molar-refractivity contribution in [1.82, 2.24) is 0 Å². The molecule has 37 heavy (non-hydrogen) atoms. The van der Waals surface area contributed by atoms with Crippen LogP contribution in [0.1, 0.15) is 73.8 Å². The lowest BCUT2D eigenvalue weighted by Crippen LogP contribution is -2.00. The zero-order chi connectivity index (χ0) is 26.4. The number of aliphatic imine (C=N–C) groups is 1. The van der Waals surface area contributed by atoms with Gasteiger partial charge in [-0.1, -0.05) is 94.4 Å². The van der Waals surface area contributed by atoms with Gasteiger partial charge in [-0.3, -0.25) is 4.99 Å². The molecule has 0 saturated heterocycles. The predicted octanol–water partition coefficient (Wildman–Crippen LogP) is 10.2. The molecule has 4 aromatic carbocycles. The zero-order valence-electron chi connectivity index (χ0n) is 22.9. The van der Waals surface area contributed by atoms with Crippen LogP contribution in [0.15, 0.2) is 89.9 Å². The molecule has 1 atom stereocenters. The maximum atomic E-state index is 6.41. The first-order chi connectivity index (χ1) is 17.9. The van der Waals surface area contributed by atoms with Crippen LogP contribution in [-0.2, 0) is 0 Å². The second-order valence-electron chi connectivity index (χ2n) is 10.0. The Morgan fingerprint density at radius 1 is 0.757 bits per heavy atom. The number of anilines is 2. The van der Waals surface area contributed by atoms with Gasteiger partial charge in [0.25, 0.3) is 0 Å². The van der Waals surface area contributed by atoms with E-state index in [1.807, 2.05) is 36.5 Å². The van der Waals surface area contributed by atoms with Gasteiger partial charge in [0.05, 0.1) is 11.4 Å². The summed E-state index contributed by atoms with van der Waals surface area (Å²) in [5.41, 5.74) is 8.84. The van der Waals surface area contributed by atoms with Gasteiger partial charge in [0.1, 0.15) is 5.75 Å². The number of nitrogens with one attached hydrogen (secondary N) is 1. The third-order valence-electron chi connectivity index (χ3n) is 6.93. The lowest BCUT2D eigenvalue weighted by molar-refractivity contribution is 0.477. The van der Waals surface area contributed by atoms with Gasteiger partial charge >= 0.3 is 0 Å². The molecule has 0 aromatic heterocycles. The van der Waals surface area contributed by atoms with Gasteiger partial charge in [0.2, 0.25) is 0 Å². The zero-order valence-corrected chi connectivity index (χ0v) is 22.9. The summed E-state index contributed by atoms with van der Waals surface area (Å²) in [6.07, 6.45) is 3.07. The van der Waals surface area contributed by atoms with Crippen molar-refractivity contribution in [3.05, 3.63) is 113 Å². The van der Waals surface area contributed by atoms with E-state index in [0.29, 0.717) is 11.8 Å². The topological polar surface area (TPSA) is 33.6 Å². The molecule has 0 saturated carbocycles. The van der Waals surface area contributed by atoms with E-state index in [2.05, 4.69) is 101 Å². The monoisotopic (exact) mass is 490 g/mol. The van der Waals surface area contributed by atoms with Gasteiger partial charge in [-0.25, -0.2) is 0 Å². The third kappa shape index (κ3) is 6.11. The number of hydrogen-bond donors (Lipinski definition) is 1. The molecule has 0 aliphatic carbocycles. The molecule has 0 amide bonds. The molecular weight excluding hydrogens is 452 g/mol. The Kier molecular flexibility index (Phi) is 8.45. The Bertz CT molecular complexity index is 1370. The number of para-hydroxylation sites is 5. The van der Waals surface area contributed by atoms with E-state index in [4.69, 9.17) is 9.73 Å². The number of ether oxygens (including phenoxy) is 1. The number of aryl methyl sites for hydroxylation is 2. The molecular formula is C34H38N2O. The van der Waals surface area contributed by atoms with Crippen LogP contribution in [0.5, 0.6) is 11.5 Å². The maximum Gasteiger partial charge on any atom is 0.150 e. The fraction of sp³-hybridized carbons (Fsp3) is 0.265. The fourth-order valence-electron chi connectivity index (χ4n) is 4.54. The summed E-state index contributed by atoms with van der Waals surface area (Å²) >= 11 is 0. The Labute approximate surface area is 222 Å². The lowest BCUT2D eigenvalue weighted by Gasteiger charge is -2.18. The summed E-state index contributed by atoms with van der Waals surface area (Å²) in [6, 6.07) is 29.1. The highest BCUT2D eigenvalue weighted by atomic mass is 16.5. The van der Waals surface area contributed by atoms with Crippen LogP contribution in [0.4, 0.5) is 17.1 Å². The molecule has 0 fully saturated rings. The van der Waals surface area contributed by atoms with Crippen LogP contribution in [0.2, 0.25) is 0 Å². The molecule has 0 aliphatic rings. The highest BCUT2D eigenvalue weighted by Gasteiger charge is 2.15. The maximum absolute atomic E-state index is 6.41. The highest BCUT2D eigenvalue weighted by Crippen LogP contribution is 2.37. The van der Waals surface area contributed by atoms with E-state index >= 15 is 0 Å². The molecule has 1 unspecified atom stereocenters. The van der Waals surface area contributed by atoms with Crippen molar-refractivity contribution in [2.75, 3.05) is 5.32 Å². The fourth-order valence-corrected chi connectivity index (χ4v) is 4.54. The largest absolute Gasteiger partial charge is 0.455 e. The average molecular weight is 491 g/mol. The van der Waals surface area contributed by atoms with Crippen LogP contribution in [0.3, 0.4) is 0 Å². The van der Waals surface area contributed by atoms with E-state index in [9.17, 15) is 0 Å².